The van der Waals surface area contributed by atoms with E-state index in [2.05, 4.69) is 9.97 Å². The molecule has 0 aliphatic carbocycles. The number of nitrogen functional groups attached to an aromatic ring is 1. The van der Waals surface area contributed by atoms with Crippen molar-refractivity contribution in [1.29, 1.82) is 0 Å². The van der Waals surface area contributed by atoms with Crippen molar-refractivity contribution >= 4 is 27.2 Å². The van der Waals surface area contributed by atoms with Gasteiger partial charge in [-0.05, 0) is 24.3 Å². The van der Waals surface area contributed by atoms with Crippen LogP contribution in [0.4, 0.5) is 10.1 Å². The molecule has 0 fully saturated rings. The topological polar surface area (TPSA) is 51.8 Å². The monoisotopic (exact) mass is 245 g/mol. The van der Waals surface area contributed by atoms with Gasteiger partial charge >= 0.3 is 0 Å². The second kappa shape index (κ2) is 3.78. The van der Waals surface area contributed by atoms with Crippen molar-refractivity contribution in [3.8, 4) is 10.6 Å². The van der Waals surface area contributed by atoms with E-state index in [0.717, 1.165) is 20.8 Å². The SMILES string of the molecule is Nc1cncc(-c2nc3ccc(F)cc3s2)c1. The number of hydrogen-bond donors (Lipinski definition) is 1. The van der Waals surface area contributed by atoms with E-state index in [1.54, 1.807) is 24.5 Å². The van der Waals surface area contributed by atoms with E-state index < -0.39 is 0 Å². The minimum Gasteiger partial charge on any atom is -0.397 e. The summed E-state index contributed by atoms with van der Waals surface area (Å²) >= 11 is 1.43. The summed E-state index contributed by atoms with van der Waals surface area (Å²) < 4.78 is 13.9. The molecule has 84 valence electrons. The Morgan fingerprint density at radius 3 is 2.88 bits per heavy atom. The molecule has 0 amide bonds. The quantitative estimate of drug-likeness (QED) is 0.716. The first kappa shape index (κ1) is 10.2. The van der Waals surface area contributed by atoms with Crippen LogP contribution in [0.3, 0.4) is 0 Å². The van der Waals surface area contributed by atoms with Crippen LogP contribution in [0.5, 0.6) is 0 Å². The van der Waals surface area contributed by atoms with Gasteiger partial charge in [-0.1, -0.05) is 0 Å². The predicted octanol–water partition coefficient (Wildman–Crippen LogP) is 3.08. The van der Waals surface area contributed by atoms with Crippen LogP contribution in [-0.4, -0.2) is 9.97 Å². The van der Waals surface area contributed by atoms with Crippen LogP contribution >= 0.6 is 11.3 Å². The Hall–Kier alpha value is -2.01. The van der Waals surface area contributed by atoms with Gasteiger partial charge in [0.15, 0.2) is 0 Å². The first-order valence-corrected chi connectivity index (χ1v) is 5.81. The Labute approximate surface area is 101 Å². The van der Waals surface area contributed by atoms with E-state index in [1.165, 1.54) is 23.5 Å². The van der Waals surface area contributed by atoms with Gasteiger partial charge in [0.25, 0.3) is 0 Å². The van der Waals surface area contributed by atoms with Gasteiger partial charge in [0.2, 0.25) is 0 Å². The van der Waals surface area contributed by atoms with Gasteiger partial charge in [-0.3, -0.25) is 4.98 Å². The number of fused-ring (bicyclic) bond motifs is 1. The largest absolute Gasteiger partial charge is 0.397 e. The van der Waals surface area contributed by atoms with Gasteiger partial charge < -0.3 is 5.73 Å². The Bertz CT molecular complexity index is 693. The smallest absolute Gasteiger partial charge is 0.126 e. The van der Waals surface area contributed by atoms with Crippen LogP contribution in [-0.2, 0) is 0 Å². The lowest BCUT2D eigenvalue weighted by molar-refractivity contribution is 0.630. The summed E-state index contributed by atoms with van der Waals surface area (Å²) in [6, 6.07) is 6.37. The summed E-state index contributed by atoms with van der Waals surface area (Å²) in [6.07, 6.45) is 3.28. The van der Waals surface area contributed by atoms with Crippen molar-refractivity contribution in [2.24, 2.45) is 0 Å². The van der Waals surface area contributed by atoms with Gasteiger partial charge in [-0.25, -0.2) is 9.37 Å². The third kappa shape index (κ3) is 1.85. The molecule has 2 heterocycles. The maximum atomic E-state index is 13.1. The molecule has 3 nitrogen and oxygen atoms in total. The van der Waals surface area contributed by atoms with Crippen molar-refractivity contribution in [2.75, 3.05) is 5.73 Å². The second-order valence-electron chi connectivity index (χ2n) is 3.64. The van der Waals surface area contributed by atoms with E-state index in [1.807, 2.05) is 0 Å². The Balaban J connectivity index is 2.18. The van der Waals surface area contributed by atoms with E-state index in [0.29, 0.717) is 5.69 Å². The Kier molecular flexibility index (Phi) is 2.26. The van der Waals surface area contributed by atoms with Crippen LogP contribution in [0.25, 0.3) is 20.8 Å². The fourth-order valence-electron chi connectivity index (χ4n) is 1.60. The molecule has 2 aromatic heterocycles. The first-order valence-electron chi connectivity index (χ1n) is 4.99. The Morgan fingerprint density at radius 2 is 2.06 bits per heavy atom. The molecule has 0 aliphatic heterocycles. The van der Waals surface area contributed by atoms with Crippen LogP contribution in [0.2, 0.25) is 0 Å². The number of hydrogen-bond acceptors (Lipinski definition) is 4. The van der Waals surface area contributed by atoms with Crippen LogP contribution in [0.1, 0.15) is 0 Å². The van der Waals surface area contributed by atoms with E-state index in [-0.39, 0.29) is 5.82 Å². The molecule has 5 heteroatoms. The zero-order valence-electron chi connectivity index (χ0n) is 8.72. The van der Waals surface area contributed by atoms with Crippen LogP contribution < -0.4 is 5.73 Å². The summed E-state index contributed by atoms with van der Waals surface area (Å²) in [5, 5.41) is 0.797. The number of aromatic nitrogens is 2. The minimum absolute atomic E-state index is 0.251. The van der Waals surface area contributed by atoms with Crippen LogP contribution in [0.15, 0.2) is 36.7 Å². The lowest BCUT2D eigenvalue weighted by Gasteiger charge is -1.95. The molecule has 0 saturated carbocycles. The molecule has 0 unspecified atom stereocenters. The molecule has 3 aromatic rings. The number of nitrogens with zero attached hydrogens (tertiary/aromatic N) is 2. The molecule has 3 rings (SSSR count). The lowest BCUT2D eigenvalue weighted by Crippen LogP contribution is -1.86. The van der Waals surface area contributed by atoms with Gasteiger partial charge in [0.1, 0.15) is 10.8 Å². The van der Waals surface area contributed by atoms with E-state index in [9.17, 15) is 4.39 Å². The summed E-state index contributed by atoms with van der Waals surface area (Å²) in [6.45, 7) is 0. The number of benzene rings is 1. The average Bonchev–Trinajstić information content (AvgIpc) is 2.72. The summed E-state index contributed by atoms with van der Waals surface area (Å²) in [5.41, 5.74) is 7.90. The van der Waals surface area contributed by atoms with E-state index in [4.69, 9.17) is 5.73 Å². The predicted molar refractivity (Wildman–Crippen MR) is 67.2 cm³/mol. The second-order valence-corrected chi connectivity index (χ2v) is 4.67. The van der Waals surface area contributed by atoms with Crippen molar-refractivity contribution in [3.63, 3.8) is 0 Å². The first-order chi connectivity index (χ1) is 8.22. The number of pyridine rings is 1. The van der Waals surface area contributed by atoms with Crippen molar-refractivity contribution in [1.82, 2.24) is 9.97 Å². The number of thiazole rings is 1. The highest BCUT2D eigenvalue weighted by molar-refractivity contribution is 7.21. The summed E-state index contributed by atoms with van der Waals surface area (Å²) in [7, 11) is 0. The molecule has 2 N–H and O–H groups in total. The molecule has 0 spiro atoms. The van der Waals surface area contributed by atoms with Crippen molar-refractivity contribution in [2.45, 2.75) is 0 Å². The molecule has 0 aliphatic rings. The van der Waals surface area contributed by atoms with Crippen molar-refractivity contribution in [3.05, 3.63) is 42.5 Å². The fourth-order valence-corrected chi connectivity index (χ4v) is 2.57. The lowest BCUT2D eigenvalue weighted by atomic mass is 10.3. The summed E-state index contributed by atoms with van der Waals surface area (Å²) in [5.74, 6) is -0.251. The molecule has 1 aromatic carbocycles. The highest BCUT2D eigenvalue weighted by atomic mass is 32.1. The van der Waals surface area contributed by atoms with Crippen LogP contribution in [0, 0.1) is 5.82 Å². The number of nitrogens with two attached hydrogens (primary N) is 1. The minimum atomic E-state index is -0.251. The molecule has 0 saturated heterocycles. The standard InChI is InChI=1S/C12H8FN3S/c13-8-1-2-10-11(4-8)17-12(16-10)7-3-9(14)6-15-5-7/h1-6H,14H2. The Morgan fingerprint density at radius 1 is 1.18 bits per heavy atom. The molecular weight excluding hydrogens is 237 g/mol. The van der Waals surface area contributed by atoms with Gasteiger partial charge in [0.05, 0.1) is 15.9 Å². The highest BCUT2D eigenvalue weighted by Crippen LogP contribution is 2.30. The van der Waals surface area contributed by atoms with Gasteiger partial charge in [-0.15, -0.1) is 11.3 Å². The fraction of sp³-hybridized carbons (Fsp3) is 0. The number of rotatable bonds is 1. The summed E-state index contributed by atoms with van der Waals surface area (Å²) in [4.78, 5) is 8.44. The zero-order chi connectivity index (χ0) is 11.8. The molecule has 0 radical (unpaired) electrons. The zero-order valence-corrected chi connectivity index (χ0v) is 9.54. The third-order valence-electron chi connectivity index (χ3n) is 2.36. The van der Waals surface area contributed by atoms with Gasteiger partial charge in [-0.2, -0.15) is 0 Å². The molecule has 0 atom stereocenters. The number of anilines is 1. The number of halogens is 1. The highest BCUT2D eigenvalue weighted by Gasteiger charge is 2.07. The maximum Gasteiger partial charge on any atom is 0.126 e. The normalized spacial score (nSPS) is 10.9. The average molecular weight is 245 g/mol. The molecule has 17 heavy (non-hydrogen) atoms. The van der Waals surface area contributed by atoms with E-state index >= 15 is 0 Å². The molecule has 0 bridgehead atoms. The maximum absolute atomic E-state index is 13.1. The molecular formula is C12H8FN3S. The van der Waals surface area contributed by atoms with Gasteiger partial charge in [0, 0.05) is 18.0 Å². The third-order valence-corrected chi connectivity index (χ3v) is 3.42. The van der Waals surface area contributed by atoms with Crippen molar-refractivity contribution < 1.29 is 4.39 Å².